The Kier molecular flexibility index (Phi) is 6.25. The van der Waals surface area contributed by atoms with Crippen molar-refractivity contribution in [3.63, 3.8) is 0 Å². The van der Waals surface area contributed by atoms with Crippen LogP contribution in [0, 0.1) is 6.92 Å². The van der Waals surface area contributed by atoms with Crippen LogP contribution in [0.15, 0.2) is 36.4 Å². The number of halogens is 1. The number of anilines is 2. The number of nitrogens with zero attached hydrogens (tertiary/aromatic N) is 1. The molecule has 3 N–H and O–H groups in total. The summed E-state index contributed by atoms with van der Waals surface area (Å²) in [4.78, 5) is 27.2. The van der Waals surface area contributed by atoms with E-state index in [1.807, 2.05) is 14.0 Å². The first-order valence-electron chi connectivity index (χ1n) is 9.61. The highest BCUT2D eigenvalue weighted by Gasteiger charge is 2.24. The van der Waals surface area contributed by atoms with Crippen LogP contribution >= 0.6 is 11.6 Å². The van der Waals surface area contributed by atoms with Gasteiger partial charge < -0.3 is 16.0 Å². The molecule has 1 aliphatic carbocycles. The van der Waals surface area contributed by atoms with E-state index in [2.05, 4.69) is 5.32 Å². The molecule has 5 nitrogen and oxygen atoms in total. The number of amides is 2. The van der Waals surface area contributed by atoms with Gasteiger partial charge in [0, 0.05) is 30.0 Å². The summed E-state index contributed by atoms with van der Waals surface area (Å²) in [6, 6.07) is 10.5. The summed E-state index contributed by atoms with van der Waals surface area (Å²) in [5, 5.41) is 3.15. The standard InChI is InChI=1S/C22H26ClN3O2/c1-14-8-9-15(24)12-19(14)21(27)25-16-10-11-18(20(23)13-16)22(28)26(2)17-6-4-3-5-7-17/h8-13,17H,3-7,24H2,1-2H3,(H,25,27). The van der Waals surface area contributed by atoms with Gasteiger partial charge in [0.25, 0.3) is 11.8 Å². The van der Waals surface area contributed by atoms with Crippen molar-refractivity contribution in [3.05, 3.63) is 58.1 Å². The van der Waals surface area contributed by atoms with Crippen LogP contribution in [0.4, 0.5) is 11.4 Å². The molecule has 1 saturated carbocycles. The molecule has 0 heterocycles. The predicted octanol–water partition coefficient (Wildman–Crippen LogP) is 4.89. The molecule has 6 heteroatoms. The number of rotatable bonds is 4. The molecule has 0 atom stereocenters. The Morgan fingerprint density at radius 1 is 1.07 bits per heavy atom. The minimum absolute atomic E-state index is 0.0820. The Hall–Kier alpha value is -2.53. The average molecular weight is 400 g/mol. The maximum atomic E-state index is 12.8. The van der Waals surface area contributed by atoms with Gasteiger partial charge in [-0.1, -0.05) is 36.9 Å². The molecule has 0 aliphatic heterocycles. The van der Waals surface area contributed by atoms with Gasteiger partial charge in [0.15, 0.2) is 0 Å². The van der Waals surface area contributed by atoms with E-state index in [0.717, 1.165) is 31.2 Å². The van der Waals surface area contributed by atoms with E-state index in [1.54, 1.807) is 41.3 Å². The minimum Gasteiger partial charge on any atom is -0.399 e. The third kappa shape index (κ3) is 4.47. The van der Waals surface area contributed by atoms with Gasteiger partial charge in [0.2, 0.25) is 0 Å². The summed E-state index contributed by atoms with van der Waals surface area (Å²) in [5.41, 5.74) is 8.64. The molecular formula is C22H26ClN3O2. The van der Waals surface area contributed by atoms with Crippen molar-refractivity contribution < 1.29 is 9.59 Å². The molecule has 0 aromatic heterocycles. The predicted molar refractivity (Wildman–Crippen MR) is 114 cm³/mol. The van der Waals surface area contributed by atoms with Crippen molar-refractivity contribution in [2.75, 3.05) is 18.1 Å². The first kappa shape index (κ1) is 20.2. The summed E-state index contributed by atoms with van der Waals surface area (Å²) >= 11 is 6.37. The Morgan fingerprint density at radius 3 is 2.46 bits per heavy atom. The Labute approximate surface area is 170 Å². The number of hydrogen-bond acceptors (Lipinski definition) is 3. The number of nitrogens with two attached hydrogens (primary N) is 1. The number of carbonyl (C=O) groups excluding carboxylic acids is 2. The first-order valence-corrected chi connectivity index (χ1v) is 9.99. The van der Waals surface area contributed by atoms with Gasteiger partial charge in [0.1, 0.15) is 0 Å². The van der Waals surface area contributed by atoms with Crippen LogP contribution in [0.2, 0.25) is 5.02 Å². The maximum absolute atomic E-state index is 12.8. The highest BCUT2D eigenvalue weighted by Crippen LogP contribution is 2.27. The normalized spacial score (nSPS) is 14.5. The molecule has 0 unspecified atom stereocenters. The second kappa shape index (κ2) is 8.65. The van der Waals surface area contributed by atoms with Crippen molar-refractivity contribution in [3.8, 4) is 0 Å². The molecular weight excluding hydrogens is 374 g/mol. The molecule has 3 rings (SSSR count). The second-order valence-corrected chi connectivity index (χ2v) is 7.84. The molecule has 0 spiro atoms. The summed E-state index contributed by atoms with van der Waals surface area (Å²) in [7, 11) is 1.84. The fourth-order valence-electron chi connectivity index (χ4n) is 3.67. The molecule has 148 valence electrons. The lowest BCUT2D eigenvalue weighted by molar-refractivity contribution is 0.0696. The Morgan fingerprint density at radius 2 is 1.79 bits per heavy atom. The monoisotopic (exact) mass is 399 g/mol. The van der Waals surface area contributed by atoms with E-state index in [-0.39, 0.29) is 17.9 Å². The van der Waals surface area contributed by atoms with Crippen LogP contribution in [-0.4, -0.2) is 29.8 Å². The highest BCUT2D eigenvalue weighted by molar-refractivity contribution is 6.34. The number of benzene rings is 2. The summed E-state index contributed by atoms with van der Waals surface area (Å²) in [5.74, 6) is -0.347. The van der Waals surface area contributed by atoms with Crippen LogP contribution < -0.4 is 11.1 Å². The summed E-state index contributed by atoms with van der Waals surface area (Å²) in [6.45, 7) is 1.85. The lowest BCUT2D eigenvalue weighted by Gasteiger charge is -2.31. The van der Waals surface area contributed by atoms with E-state index in [0.29, 0.717) is 27.5 Å². The van der Waals surface area contributed by atoms with Gasteiger partial charge in [-0.05, 0) is 55.7 Å². The van der Waals surface area contributed by atoms with Gasteiger partial charge in [-0.15, -0.1) is 0 Å². The van der Waals surface area contributed by atoms with E-state index in [4.69, 9.17) is 17.3 Å². The largest absolute Gasteiger partial charge is 0.399 e. The van der Waals surface area contributed by atoms with Crippen molar-refractivity contribution >= 4 is 34.8 Å². The highest BCUT2D eigenvalue weighted by atomic mass is 35.5. The Balaban J connectivity index is 1.74. The SMILES string of the molecule is Cc1ccc(N)cc1C(=O)Nc1ccc(C(=O)N(C)C2CCCCC2)c(Cl)c1. The van der Waals surface area contributed by atoms with Crippen molar-refractivity contribution in [2.45, 2.75) is 45.1 Å². The first-order chi connectivity index (χ1) is 13.4. The lowest BCUT2D eigenvalue weighted by Crippen LogP contribution is -2.38. The fourth-order valence-corrected chi connectivity index (χ4v) is 3.93. The van der Waals surface area contributed by atoms with E-state index < -0.39 is 0 Å². The minimum atomic E-state index is -0.265. The number of aryl methyl sites for hydroxylation is 1. The number of nitrogens with one attached hydrogen (secondary N) is 1. The molecule has 0 radical (unpaired) electrons. The van der Waals surface area contributed by atoms with Gasteiger partial charge in [0.05, 0.1) is 10.6 Å². The Bertz CT molecular complexity index is 891. The van der Waals surface area contributed by atoms with Crippen LogP contribution in [0.1, 0.15) is 58.4 Å². The molecule has 2 aromatic carbocycles. The van der Waals surface area contributed by atoms with E-state index in [1.165, 1.54) is 6.42 Å². The molecule has 1 aliphatic rings. The molecule has 0 saturated heterocycles. The summed E-state index contributed by atoms with van der Waals surface area (Å²) in [6.07, 6.45) is 5.62. The topological polar surface area (TPSA) is 75.4 Å². The third-order valence-corrected chi connectivity index (χ3v) is 5.72. The van der Waals surface area contributed by atoms with Gasteiger partial charge in [-0.25, -0.2) is 0 Å². The zero-order valence-corrected chi connectivity index (χ0v) is 17.1. The van der Waals surface area contributed by atoms with Crippen molar-refractivity contribution in [1.29, 1.82) is 0 Å². The number of hydrogen-bond donors (Lipinski definition) is 2. The quantitative estimate of drug-likeness (QED) is 0.719. The molecule has 0 bridgehead atoms. The average Bonchev–Trinajstić information content (AvgIpc) is 2.69. The van der Waals surface area contributed by atoms with Crippen LogP contribution in [-0.2, 0) is 0 Å². The second-order valence-electron chi connectivity index (χ2n) is 7.43. The smallest absolute Gasteiger partial charge is 0.256 e. The fraction of sp³-hybridized carbons (Fsp3) is 0.364. The zero-order chi connectivity index (χ0) is 20.3. The molecule has 1 fully saturated rings. The van der Waals surface area contributed by atoms with Gasteiger partial charge >= 0.3 is 0 Å². The van der Waals surface area contributed by atoms with Crippen LogP contribution in [0.5, 0.6) is 0 Å². The van der Waals surface area contributed by atoms with E-state index in [9.17, 15) is 9.59 Å². The van der Waals surface area contributed by atoms with E-state index >= 15 is 0 Å². The molecule has 28 heavy (non-hydrogen) atoms. The number of carbonyl (C=O) groups is 2. The van der Waals surface area contributed by atoms with Gasteiger partial charge in [-0.3, -0.25) is 9.59 Å². The molecule has 2 amide bonds. The van der Waals surface area contributed by atoms with Gasteiger partial charge in [-0.2, -0.15) is 0 Å². The number of nitrogen functional groups attached to an aromatic ring is 1. The van der Waals surface area contributed by atoms with Crippen molar-refractivity contribution in [1.82, 2.24) is 4.90 Å². The van der Waals surface area contributed by atoms with Crippen LogP contribution in [0.3, 0.4) is 0 Å². The molecule has 2 aromatic rings. The summed E-state index contributed by atoms with van der Waals surface area (Å²) < 4.78 is 0. The lowest BCUT2D eigenvalue weighted by atomic mass is 9.94. The zero-order valence-electron chi connectivity index (χ0n) is 16.3. The maximum Gasteiger partial charge on any atom is 0.256 e. The third-order valence-electron chi connectivity index (χ3n) is 5.41. The van der Waals surface area contributed by atoms with Crippen LogP contribution in [0.25, 0.3) is 0 Å². The van der Waals surface area contributed by atoms with Crippen molar-refractivity contribution in [2.24, 2.45) is 0 Å².